The topological polar surface area (TPSA) is 72.8 Å². The second-order valence-corrected chi connectivity index (χ2v) is 4.53. The standard InChI is InChI=1S/C10H20N2O3/c1-7(2)3-11-10(15)6-12-4-8(13)9(14)5-12/h7-9,13-14H,3-6H2,1-2H3,(H,11,15). The Balaban J connectivity index is 2.21. The molecule has 1 fully saturated rings. The van der Waals surface area contributed by atoms with Crippen LogP contribution in [-0.4, -0.2) is 59.4 Å². The van der Waals surface area contributed by atoms with Gasteiger partial charge in [-0.2, -0.15) is 0 Å². The second kappa shape index (κ2) is 5.44. The minimum atomic E-state index is -0.720. The van der Waals surface area contributed by atoms with Crippen molar-refractivity contribution in [1.29, 1.82) is 0 Å². The molecule has 1 rings (SSSR count). The summed E-state index contributed by atoms with van der Waals surface area (Å²) < 4.78 is 0. The lowest BCUT2D eigenvalue weighted by molar-refractivity contribution is -0.122. The molecule has 1 saturated heterocycles. The molecule has 2 atom stereocenters. The third kappa shape index (κ3) is 4.15. The normalized spacial score (nSPS) is 27.3. The molecule has 1 heterocycles. The predicted molar refractivity (Wildman–Crippen MR) is 56.3 cm³/mol. The van der Waals surface area contributed by atoms with Crippen molar-refractivity contribution in [2.45, 2.75) is 26.1 Å². The smallest absolute Gasteiger partial charge is 0.234 e. The van der Waals surface area contributed by atoms with Gasteiger partial charge in [-0.1, -0.05) is 13.8 Å². The van der Waals surface area contributed by atoms with Gasteiger partial charge >= 0.3 is 0 Å². The Morgan fingerprint density at radius 1 is 1.40 bits per heavy atom. The molecule has 0 saturated carbocycles. The van der Waals surface area contributed by atoms with Crippen LogP contribution in [0.4, 0.5) is 0 Å². The van der Waals surface area contributed by atoms with E-state index in [4.69, 9.17) is 0 Å². The lowest BCUT2D eigenvalue weighted by atomic mass is 10.2. The first-order valence-corrected chi connectivity index (χ1v) is 5.34. The monoisotopic (exact) mass is 216 g/mol. The largest absolute Gasteiger partial charge is 0.389 e. The van der Waals surface area contributed by atoms with Gasteiger partial charge in [-0.15, -0.1) is 0 Å². The predicted octanol–water partition coefficient (Wildman–Crippen LogP) is -1.20. The molecule has 0 aliphatic carbocycles. The van der Waals surface area contributed by atoms with Gasteiger partial charge < -0.3 is 15.5 Å². The van der Waals surface area contributed by atoms with E-state index in [2.05, 4.69) is 5.32 Å². The van der Waals surface area contributed by atoms with E-state index in [0.717, 1.165) is 0 Å². The molecule has 0 radical (unpaired) electrons. The third-order valence-electron chi connectivity index (χ3n) is 2.41. The number of likely N-dealkylation sites (tertiary alicyclic amines) is 1. The van der Waals surface area contributed by atoms with Crippen LogP contribution in [0, 0.1) is 5.92 Å². The van der Waals surface area contributed by atoms with Crippen LogP contribution in [-0.2, 0) is 4.79 Å². The number of carbonyl (C=O) groups is 1. The molecule has 3 N–H and O–H groups in total. The third-order valence-corrected chi connectivity index (χ3v) is 2.41. The molecule has 5 nitrogen and oxygen atoms in total. The fourth-order valence-electron chi connectivity index (χ4n) is 1.55. The summed E-state index contributed by atoms with van der Waals surface area (Å²) in [7, 11) is 0. The molecule has 0 spiro atoms. The zero-order valence-corrected chi connectivity index (χ0v) is 9.31. The van der Waals surface area contributed by atoms with Crippen LogP contribution in [0.1, 0.15) is 13.8 Å². The van der Waals surface area contributed by atoms with Gasteiger partial charge in [0, 0.05) is 19.6 Å². The van der Waals surface area contributed by atoms with Gasteiger partial charge in [0.25, 0.3) is 0 Å². The molecule has 1 amide bonds. The van der Waals surface area contributed by atoms with Gasteiger partial charge in [0.15, 0.2) is 0 Å². The second-order valence-electron chi connectivity index (χ2n) is 4.53. The average Bonchev–Trinajstić information content (AvgIpc) is 2.42. The number of hydrogen-bond donors (Lipinski definition) is 3. The van der Waals surface area contributed by atoms with E-state index in [1.54, 1.807) is 4.90 Å². The van der Waals surface area contributed by atoms with E-state index >= 15 is 0 Å². The van der Waals surface area contributed by atoms with Gasteiger partial charge in [-0.25, -0.2) is 0 Å². The van der Waals surface area contributed by atoms with Gasteiger partial charge in [0.2, 0.25) is 5.91 Å². The van der Waals surface area contributed by atoms with Crippen LogP contribution in [0.15, 0.2) is 0 Å². The molecule has 15 heavy (non-hydrogen) atoms. The summed E-state index contributed by atoms with van der Waals surface area (Å²) in [6, 6.07) is 0. The Hall–Kier alpha value is -0.650. The van der Waals surface area contributed by atoms with Crippen molar-refractivity contribution in [3.8, 4) is 0 Å². The summed E-state index contributed by atoms with van der Waals surface area (Å²) in [6.45, 7) is 5.72. The number of nitrogens with zero attached hydrogens (tertiary/aromatic N) is 1. The fraction of sp³-hybridized carbons (Fsp3) is 0.900. The van der Waals surface area contributed by atoms with Crippen LogP contribution < -0.4 is 5.32 Å². The fourth-order valence-corrected chi connectivity index (χ4v) is 1.55. The number of hydrogen-bond acceptors (Lipinski definition) is 4. The Morgan fingerprint density at radius 3 is 2.40 bits per heavy atom. The van der Waals surface area contributed by atoms with Crippen molar-refractivity contribution < 1.29 is 15.0 Å². The van der Waals surface area contributed by atoms with Crippen LogP contribution in [0.3, 0.4) is 0 Å². The van der Waals surface area contributed by atoms with Gasteiger partial charge in [-0.05, 0) is 5.92 Å². The molecule has 2 unspecified atom stereocenters. The number of β-amino-alcohol motifs (C(OH)–C–C–N with tert-alkyl or cyclic N) is 2. The first kappa shape index (κ1) is 12.4. The molecule has 1 aliphatic heterocycles. The summed E-state index contributed by atoms with van der Waals surface area (Å²) in [5, 5.41) is 21.3. The number of nitrogens with one attached hydrogen (secondary N) is 1. The number of aliphatic hydroxyl groups is 2. The van der Waals surface area contributed by atoms with Crippen molar-refractivity contribution >= 4 is 5.91 Å². The van der Waals surface area contributed by atoms with Crippen LogP contribution in [0.5, 0.6) is 0 Å². The highest BCUT2D eigenvalue weighted by Gasteiger charge is 2.30. The summed E-state index contributed by atoms with van der Waals surface area (Å²) in [4.78, 5) is 13.2. The van der Waals surface area contributed by atoms with Gasteiger partial charge in [0.1, 0.15) is 0 Å². The molecule has 88 valence electrons. The highest BCUT2D eigenvalue weighted by molar-refractivity contribution is 5.78. The van der Waals surface area contributed by atoms with Gasteiger partial charge in [0.05, 0.1) is 18.8 Å². The molecule has 1 aliphatic rings. The maximum atomic E-state index is 11.4. The van der Waals surface area contributed by atoms with Gasteiger partial charge in [-0.3, -0.25) is 9.69 Å². The zero-order valence-electron chi connectivity index (χ0n) is 9.31. The maximum absolute atomic E-state index is 11.4. The molecule has 0 aromatic heterocycles. The van der Waals surface area contributed by atoms with E-state index in [1.807, 2.05) is 13.8 Å². The minimum Gasteiger partial charge on any atom is -0.389 e. The molecule has 5 heteroatoms. The molecule has 0 bridgehead atoms. The molecular weight excluding hydrogens is 196 g/mol. The van der Waals surface area contributed by atoms with E-state index in [1.165, 1.54) is 0 Å². The minimum absolute atomic E-state index is 0.0509. The average molecular weight is 216 g/mol. The number of amides is 1. The van der Waals surface area contributed by atoms with E-state index < -0.39 is 12.2 Å². The van der Waals surface area contributed by atoms with Crippen molar-refractivity contribution in [3.63, 3.8) is 0 Å². The zero-order chi connectivity index (χ0) is 11.4. The van der Waals surface area contributed by atoms with E-state index in [9.17, 15) is 15.0 Å². The quantitative estimate of drug-likeness (QED) is 0.552. The Morgan fingerprint density at radius 2 is 1.93 bits per heavy atom. The van der Waals surface area contributed by atoms with Crippen molar-refractivity contribution in [2.75, 3.05) is 26.2 Å². The van der Waals surface area contributed by atoms with Crippen LogP contribution in [0.2, 0.25) is 0 Å². The van der Waals surface area contributed by atoms with E-state index in [0.29, 0.717) is 25.6 Å². The Labute approximate surface area is 90.1 Å². The molecular formula is C10H20N2O3. The Bertz CT molecular complexity index is 211. The van der Waals surface area contributed by atoms with Crippen LogP contribution in [0.25, 0.3) is 0 Å². The Kier molecular flexibility index (Phi) is 4.50. The first-order chi connectivity index (χ1) is 6.99. The number of aliphatic hydroxyl groups excluding tert-OH is 2. The first-order valence-electron chi connectivity index (χ1n) is 5.34. The summed E-state index contributed by atoms with van der Waals surface area (Å²) in [5.74, 6) is 0.383. The van der Waals surface area contributed by atoms with Crippen molar-refractivity contribution in [3.05, 3.63) is 0 Å². The molecule has 0 aromatic carbocycles. The summed E-state index contributed by atoms with van der Waals surface area (Å²) in [6.07, 6.45) is -1.44. The highest BCUT2D eigenvalue weighted by Crippen LogP contribution is 2.08. The van der Waals surface area contributed by atoms with E-state index in [-0.39, 0.29) is 12.5 Å². The van der Waals surface area contributed by atoms with Crippen LogP contribution >= 0.6 is 0 Å². The van der Waals surface area contributed by atoms with Crippen molar-refractivity contribution in [1.82, 2.24) is 10.2 Å². The maximum Gasteiger partial charge on any atom is 0.234 e. The lowest BCUT2D eigenvalue weighted by Crippen LogP contribution is -2.38. The number of carbonyl (C=O) groups excluding carboxylic acids is 1. The molecule has 0 aromatic rings. The lowest BCUT2D eigenvalue weighted by Gasteiger charge is -2.14. The summed E-state index contributed by atoms with van der Waals surface area (Å²) in [5.41, 5.74) is 0. The summed E-state index contributed by atoms with van der Waals surface area (Å²) >= 11 is 0. The highest BCUT2D eigenvalue weighted by atomic mass is 16.3. The van der Waals surface area contributed by atoms with Crippen molar-refractivity contribution in [2.24, 2.45) is 5.92 Å². The number of rotatable bonds is 4. The SMILES string of the molecule is CC(C)CNC(=O)CN1CC(O)C(O)C1.